The third-order valence-electron chi connectivity index (χ3n) is 1.46. The summed E-state index contributed by atoms with van der Waals surface area (Å²) in [5.41, 5.74) is 6.56. The number of nitrogens with zero attached hydrogens (tertiary/aromatic N) is 1. The van der Waals surface area contributed by atoms with Gasteiger partial charge in [0.1, 0.15) is 0 Å². The molecule has 12 heavy (non-hydrogen) atoms. The van der Waals surface area contributed by atoms with Crippen LogP contribution in [-0.4, -0.2) is 6.04 Å². The third-order valence-corrected chi connectivity index (χ3v) is 1.46. The van der Waals surface area contributed by atoms with Gasteiger partial charge in [0.2, 0.25) is 0 Å². The van der Waals surface area contributed by atoms with Gasteiger partial charge in [0.25, 0.3) is 0 Å². The molecule has 0 heterocycles. The van der Waals surface area contributed by atoms with Crippen molar-refractivity contribution < 1.29 is 0 Å². The molecule has 1 rings (SSSR count). The van der Waals surface area contributed by atoms with Gasteiger partial charge in [-0.3, -0.25) is 0 Å². The van der Waals surface area contributed by atoms with Crippen LogP contribution in [0.5, 0.6) is 0 Å². The van der Waals surface area contributed by atoms with Crippen LogP contribution >= 0.6 is 12.4 Å². The van der Waals surface area contributed by atoms with Crippen LogP contribution < -0.4 is 5.73 Å². The van der Waals surface area contributed by atoms with Crippen molar-refractivity contribution in [3.63, 3.8) is 0 Å². The van der Waals surface area contributed by atoms with Gasteiger partial charge in [0, 0.05) is 6.42 Å². The Bertz CT molecular complexity index is 253. The molecular weight excluding hydrogens is 172 g/mol. The first kappa shape index (κ1) is 11.0. The lowest BCUT2D eigenvalue weighted by molar-refractivity contribution is 0.823. The molecule has 0 amide bonds. The van der Waals surface area contributed by atoms with Gasteiger partial charge in [0.05, 0.1) is 12.1 Å². The van der Waals surface area contributed by atoms with E-state index in [0.717, 1.165) is 5.56 Å². The molecule has 0 fully saturated rings. The summed E-state index contributed by atoms with van der Waals surface area (Å²) in [4.78, 5) is 0. The monoisotopic (exact) mass is 182 g/mol. The van der Waals surface area contributed by atoms with Gasteiger partial charge in [-0.05, 0) is 5.56 Å². The van der Waals surface area contributed by atoms with Gasteiger partial charge in [-0.25, -0.2) is 0 Å². The molecule has 1 atom stereocenters. The number of nitrogens with two attached hydrogens (primary N) is 1. The molecule has 0 aliphatic heterocycles. The smallest absolute Gasteiger partial charge is 0.0968 e. The highest BCUT2D eigenvalue weighted by Gasteiger charge is 1.99. The Hall–Kier alpha value is -1.04. The van der Waals surface area contributed by atoms with Gasteiger partial charge in [-0.2, -0.15) is 5.26 Å². The summed E-state index contributed by atoms with van der Waals surface area (Å²) >= 11 is 0. The fourth-order valence-electron chi connectivity index (χ4n) is 0.914. The fourth-order valence-corrected chi connectivity index (χ4v) is 0.914. The molecule has 0 saturated heterocycles. The molecule has 2 N–H and O–H groups in total. The van der Waals surface area contributed by atoms with E-state index in [2.05, 4.69) is 0 Å². The molecule has 0 aliphatic carbocycles. The van der Waals surface area contributed by atoms with Crippen LogP contribution in [0.3, 0.4) is 0 Å². The average Bonchev–Trinajstić information content (AvgIpc) is 2.06. The Balaban J connectivity index is 0.00000121. The van der Waals surface area contributed by atoms with Gasteiger partial charge in [-0.15, -0.1) is 12.4 Å². The second kappa shape index (κ2) is 5.59. The number of nitriles is 1. The summed E-state index contributed by atoms with van der Waals surface area (Å²) in [6.45, 7) is 0. The molecule has 3 heteroatoms. The SMILES string of the molecule is Cl.N#CC(N)Cc1ccccc1. The normalized spacial score (nSPS) is 11.0. The first-order valence-corrected chi connectivity index (χ1v) is 3.52. The van der Waals surface area contributed by atoms with Crippen LogP contribution in [-0.2, 0) is 6.42 Å². The summed E-state index contributed by atoms with van der Waals surface area (Å²) in [5, 5.41) is 8.42. The molecule has 0 bridgehead atoms. The Morgan fingerprint density at radius 1 is 1.33 bits per heavy atom. The highest BCUT2D eigenvalue weighted by atomic mass is 35.5. The number of benzene rings is 1. The van der Waals surface area contributed by atoms with Crippen molar-refractivity contribution in [3.05, 3.63) is 35.9 Å². The lowest BCUT2D eigenvalue weighted by atomic mass is 10.1. The zero-order valence-electron chi connectivity index (χ0n) is 6.60. The highest BCUT2D eigenvalue weighted by molar-refractivity contribution is 5.85. The van der Waals surface area contributed by atoms with Crippen molar-refractivity contribution in [2.24, 2.45) is 5.73 Å². The molecular formula is C9H11ClN2. The van der Waals surface area contributed by atoms with Crippen molar-refractivity contribution in [2.75, 3.05) is 0 Å². The Labute approximate surface area is 78.4 Å². The first-order valence-electron chi connectivity index (χ1n) is 3.52. The van der Waals surface area contributed by atoms with Crippen molar-refractivity contribution in [3.8, 4) is 6.07 Å². The molecule has 0 aromatic heterocycles. The van der Waals surface area contributed by atoms with Crippen molar-refractivity contribution in [1.82, 2.24) is 0 Å². The predicted molar refractivity (Wildman–Crippen MR) is 51.0 cm³/mol. The van der Waals surface area contributed by atoms with E-state index in [1.54, 1.807) is 0 Å². The van der Waals surface area contributed by atoms with Crippen molar-refractivity contribution >= 4 is 12.4 Å². The summed E-state index contributed by atoms with van der Waals surface area (Å²) in [7, 11) is 0. The number of hydrogen-bond acceptors (Lipinski definition) is 2. The van der Waals surface area contributed by atoms with Gasteiger partial charge in [0.15, 0.2) is 0 Å². The quantitative estimate of drug-likeness (QED) is 0.754. The van der Waals surface area contributed by atoms with Crippen molar-refractivity contribution in [1.29, 1.82) is 5.26 Å². The maximum Gasteiger partial charge on any atom is 0.0968 e. The second-order valence-electron chi connectivity index (χ2n) is 2.43. The van der Waals surface area contributed by atoms with E-state index in [4.69, 9.17) is 11.0 Å². The molecule has 0 aliphatic rings. The van der Waals surface area contributed by atoms with Crippen LogP contribution in [0.1, 0.15) is 5.56 Å². The standard InChI is InChI=1S/C9H10N2.ClH/c10-7-9(11)6-8-4-2-1-3-5-8;/h1-5,9H,6,11H2;1H. The average molecular weight is 183 g/mol. The van der Waals surface area contributed by atoms with E-state index in [0.29, 0.717) is 6.42 Å². The maximum atomic E-state index is 8.42. The number of rotatable bonds is 2. The lowest BCUT2D eigenvalue weighted by Gasteiger charge is -2.00. The molecule has 1 unspecified atom stereocenters. The van der Waals surface area contributed by atoms with E-state index in [1.807, 2.05) is 36.4 Å². The minimum absolute atomic E-state index is 0. The molecule has 1 aromatic rings. The zero-order chi connectivity index (χ0) is 8.10. The molecule has 0 saturated carbocycles. The Morgan fingerprint density at radius 2 is 1.92 bits per heavy atom. The summed E-state index contributed by atoms with van der Waals surface area (Å²) in [6, 6.07) is 11.4. The second-order valence-corrected chi connectivity index (χ2v) is 2.43. The van der Waals surface area contributed by atoms with Crippen LogP contribution in [0.4, 0.5) is 0 Å². The zero-order valence-corrected chi connectivity index (χ0v) is 7.42. The van der Waals surface area contributed by atoms with E-state index in [-0.39, 0.29) is 18.4 Å². The van der Waals surface area contributed by atoms with Crippen molar-refractivity contribution in [2.45, 2.75) is 12.5 Å². The van der Waals surface area contributed by atoms with Gasteiger partial charge < -0.3 is 5.73 Å². The molecule has 64 valence electrons. The molecule has 1 aromatic carbocycles. The van der Waals surface area contributed by atoms with Crippen LogP contribution in [0.15, 0.2) is 30.3 Å². The maximum absolute atomic E-state index is 8.42. The van der Waals surface area contributed by atoms with Crippen LogP contribution in [0, 0.1) is 11.3 Å². The fraction of sp³-hybridized carbons (Fsp3) is 0.222. The predicted octanol–water partition coefficient (Wildman–Crippen LogP) is 1.50. The van der Waals surface area contributed by atoms with E-state index in [9.17, 15) is 0 Å². The summed E-state index contributed by atoms with van der Waals surface area (Å²) in [6.07, 6.45) is 0.636. The minimum Gasteiger partial charge on any atom is -0.316 e. The number of hydrogen-bond donors (Lipinski definition) is 1. The largest absolute Gasteiger partial charge is 0.316 e. The van der Waals surface area contributed by atoms with E-state index >= 15 is 0 Å². The first-order chi connectivity index (χ1) is 5.33. The number of halogens is 1. The summed E-state index contributed by atoms with van der Waals surface area (Å²) in [5.74, 6) is 0. The van der Waals surface area contributed by atoms with Gasteiger partial charge in [-0.1, -0.05) is 30.3 Å². The third kappa shape index (κ3) is 3.38. The molecule has 0 radical (unpaired) electrons. The highest BCUT2D eigenvalue weighted by Crippen LogP contribution is 2.00. The van der Waals surface area contributed by atoms with Gasteiger partial charge >= 0.3 is 0 Å². The van der Waals surface area contributed by atoms with E-state index in [1.165, 1.54) is 0 Å². The van der Waals surface area contributed by atoms with Crippen LogP contribution in [0.25, 0.3) is 0 Å². The Morgan fingerprint density at radius 3 is 2.42 bits per heavy atom. The van der Waals surface area contributed by atoms with Crippen LogP contribution in [0.2, 0.25) is 0 Å². The molecule has 2 nitrogen and oxygen atoms in total. The van der Waals surface area contributed by atoms with E-state index < -0.39 is 0 Å². The topological polar surface area (TPSA) is 49.8 Å². The lowest BCUT2D eigenvalue weighted by Crippen LogP contribution is -2.19. The minimum atomic E-state index is -0.377. The molecule has 0 spiro atoms. The summed E-state index contributed by atoms with van der Waals surface area (Å²) < 4.78 is 0. The Kier molecular flexibility index (Phi) is 5.11.